The molecule has 1 saturated carbocycles. The normalized spacial score (nSPS) is 16.6. The first kappa shape index (κ1) is 24.3. The maximum Gasteiger partial charge on any atom is 0.416 e. The average molecular weight is 502 g/mol. The SMILES string of the molecule is O=C(Nc1nc2cc(N3CCOCC3=O)c(C3CC3)cc2n1CCCO)c1cccc(C(F)(F)F)c1. The Bertz CT molecular complexity index is 1320. The molecule has 0 radical (unpaired) electrons. The molecule has 2 N–H and O–H groups in total. The Balaban J connectivity index is 1.54. The average Bonchev–Trinajstić information content (AvgIpc) is 3.65. The van der Waals surface area contributed by atoms with Crippen LogP contribution in [-0.4, -0.2) is 52.8 Å². The van der Waals surface area contributed by atoms with Gasteiger partial charge >= 0.3 is 6.18 Å². The van der Waals surface area contributed by atoms with Crippen LogP contribution in [0.1, 0.15) is 46.7 Å². The van der Waals surface area contributed by atoms with Gasteiger partial charge in [0.2, 0.25) is 5.95 Å². The van der Waals surface area contributed by atoms with Crippen LogP contribution in [0, 0.1) is 0 Å². The largest absolute Gasteiger partial charge is 0.416 e. The number of aliphatic hydroxyl groups is 1. The zero-order valence-corrected chi connectivity index (χ0v) is 19.3. The van der Waals surface area contributed by atoms with Crippen molar-refractivity contribution in [2.24, 2.45) is 0 Å². The van der Waals surface area contributed by atoms with Crippen LogP contribution in [-0.2, 0) is 22.3 Å². The number of anilines is 2. The molecule has 1 aliphatic carbocycles. The van der Waals surface area contributed by atoms with Gasteiger partial charge in [-0.2, -0.15) is 13.2 Å². The van der Waals surface area contributed by atoms with Crippen molar-refractivity contribution in [1.29, 1.82) is 0 Å². The van der Waals surface area contributed by atoms with Gasteiger partial charge < -0.3 is 19.3 Å². The molecule has 36 heavy (non-hydrogen) atoms. The quantitative estimate of drug-likeness (QED) is 0.511. The zero-order valence-electron chi connectivity index (χ0n) is 19.3. The summed E-state index contributed by atoms with van der Waals surface area (Å²) in [5.41, 5.74) is 1.96. The lowest BCUT2D eigenvalue weighted by Crippen LogP contribution is -2.42. The van der Waals surface area contributed by atoms with Crippen LogP contribution in [0.2, 0.25) is 0 Å². The third kappa shape index (κ3) is 4.80. The van der Waals surface area contributed by atoms with E-state index in [2.05, 4.69) is 10.3 Å². The summed E-state index contributed by atoms with van der Waals surface area (Å²) in [4.78, 5) is 31.7. The molecule has 8 nitrogen and oxygen atoms in total. The van der Waals surface area contributed by atoms with Crippen LogP contribution in [0.4, 0.5) is 24.8 Å². The number of aryl methyl sites for hydroxylation is 1. The molecular weight excluding hydrogens is 477 g/mol. The molecule has 1 saturated heterocycles. The van der Waals surface area contributed by atoms with Gasteiger partial charge in [0.05, 0.1) is 23.2 Å². The van der Waals surface area contributed by atoms with E-state index in [0.717, 1.165) is 36.2 Å². The number of aliphatic hydroxyl groups excluding tert-OH is 1. The highest BCUT2D eigenvalue weighted by atomic mass is 19.4. The lowest BCUT2D eigenvalue weighted by atomic mass is 10.1. The van der Waals surface area contributed by atoms with E-state index in [-0.39, 0.29) is 30.6 Å². The van der Waals surface area contributed by atoms with E-state index in [4.69, 9.17) is 4.74 Å². The molecule has 0 atom stereocenters. The van der Waals surface area contributed by atoms with Crippen LogP contribution >= 0.6 is 0 Å². The Morgan fingerprint density at radius 1 is 1.22 bits per heavy atom. The summed E-state index contributed by atoms with van der Waals surface area (Å²) in [5, 5.41) is 12.0. The molecule has 1 aliphatic heterocycles. The number of morpholine rings is 1. The van der Waals surface area contributed by atoms with Crippen molar-refractivity contribution in [3.63, 3.8) is 0 Å². The molecule has 3 aromatic rings. The first-order valence-electron chi connectivity index (χ1n) is 11.8. The molecular formula is C25H25F3N4O4. The standard InChI is InChI=1S/C25H25F3N4O4/c26-25(27,28)17-4-1-3-16(11-17)23(35)30-24-29-19-13-20(31-8-10-36-14-22(31)34)18(15-5-6-15)12-21(19)32(24)7-2-9-33/h1,3-4,11-13,15,33H,2,5-10,14H2,(H,29,30,35). The molecule has 2 aromatic carbocycles. The van der Waals surface area contributed by atoms with E-state index in [1.807, 2.05) is 12.1 Å². The van der Waals surface area contributed by atoms with Crippen molar-refractivity contribution in [2.45, 2.75) is 37.9 Å². The predicted molar refractivity (Wildman–Crippen MR) is 126 cm³/mol. The Labute approximate surface area is 204 Å². The number of amides is 2. The van der Waals surface area contributed by atoms with E-state index >= 15 is 0 Å². The van der Waals surface area contributed by atoms with Crippen molar-refractivity contribution < 1.29 is 32.6 Å². The second kappa shape index (κ2) is 9.55. The number of fused-ring (bicyclic) bond motifs is 1. The number of aromatic nitrogens is 2. The number of carbonyl (C=O) groups is 2. The second-order valence-corrected chi connectivity index (χ2v) is 8.97. The van der Waals surface area contributed by atoms with Crippen LogP contribution in [0.5, 0.6) is 0 Å². The van der Waals surface area contributed by atoms with Gasteiger partial charge in [-0.15, -0.1) is 0 Å². The zero-order chi connectivity index (χ0) is 25.4. The van der Waals surface area contributed by atoms with Crippen molar-refractivity contribution in [2.75, 3.05) is 36.6 Å². The number of hydrogen-bond acceptors (Lipinski definition) is 5. The number of rotatable bonds is 7. The molecule has 11 heteroatoms. The van der Waals surface area contributed by atoms with Crippen molar-refractivity contribution >= 4 is 34.5 Å². The minimum Gasteiger partial charge on any atom is -0.396 e. The summed E-state index contributed by atoms with van der Waals surface area (Å²) in [6.45, 7) is 1.11. The number of carbonyl (C=O) groups excluding carboxylic acids is 2. The van der Waals surface area contributed by atoms with E-state index in [1.165, 1.54) is 12.1 Å². The van der Waals surface area contributed by atoms with Gasteiger partial charge in [-0.1, -0.05) is 6.07 Å². The summed E-state index contributed by atoms with van der Waals surface area (Å²) in [6.07, 6.45) is -2.18. The fraction of sp³-hybridized carbons (Fsp3) is 0.400. The highest BCUT2D eigenvalue weighted by Crippen LogP contribution is 2.46. The molecule has 0 unspecified atom stereocenters. The van der Waals surface area contributed by atoms with Gasteiger partial charge in [-0.05, 0) is 61.1 Å². The van der Waals surface area contributed by atoms with Gasteiger partial charge in [0, 0.05) is 30.9 Å². The Hall–Kier alpha value is -3.44. The molecule has 190 valence electrons. The van der Waals surface area contributed by atoms with Crippen molar-refractivity contribution in [1.82, 2.24) is 9.55 Å². The molecule has 1 aromatic heterocycles. The fourth-order valence-corrected chi connectivity index (χ4v) is 4.47. The number of alkyl halides is 3. The van der Waals surface area contributed by atoms with Gasteiger partial charge in [0.1, 0.15) is 6.61 Å². The first-order chi connectivity index (χ1) is 17.3. The van der Waals surface area contributed by atoms with Gasteiger partial charge in [-0.3, -0.25) is 14.9 Å². The van der Waals surface area contributed by atoms with E-state index < -0.39 is 17.6 Å². The molecule has 2 fully saturated rings. The van der Waals surface area contributed by atoms with E-state index in [9.17, 15) is 27.9 Å². The third-order valence-electron chi connectivity index (χ3n) is 6.41. The molecule has 2 amide bonds. The van der Waals surface area contributed by atoms with Crippen LogP contribution < -0.4 is 10.2 Å². The Morgan fingerprint density at radius 2 is 2.03 bits per heavy atom. The minimum atomic E-state index is -4.57. The van der Waals surface area contributed by atoms with Crippen LogP contribution in [0.3, 0.4) is 0 Å². The summed E-state index contributed by atoms with van der Waals surface area (Å²) < 4.78 is 46.4. The van der Waals surface area contributed by atoms with Gasteiger partial charge in [0.25, 0.3) is 11.8 Å². The van der Waals surface area contributed by atoms with Gasteiger partial charge in [0.15, 0.2) is 0 Å². The summed E-state index contributed by atoms with van der Waals surface area (Å²) in [5.74, 6) is -0.398. The summed E-state index contributed by atoms with van der Waals surface area (Å²) >= 11 is 0. The molecule has 0 bridgehead atoms. The molecule has 2 heterocycles. The van der Waals surface area contributed by atoms with Crippen molar-refractivity contribution in [3.05, 3.63) is 53.1 Å². The monoisotopic (exact) mass is 502 g/mol. The first-order valence-corrected chi connectivity index (χ1v) is 11.8. The maximum atomic E-state index is 13.1. The summed E-state index contributed by atoms with van der Waals surface area (Å²) in [6, 6.07) is 7.97. The number of imidazole rings is 1. The number of hydrogen-bond donors (Lipinski definition) is 2. The highest BCUT2D eigenvalue weighted by molar-refractivity contribution is 6.04. The summed E-state index contributed by atoms with van der Waals surface area (Å²) in [7, 11) is 0. The van der Waals surface area contributed by atoms with E-state index in [0.29, 0.717) is 43.1 Å². The number of benzene rings is 2. The lowest BCUT2D eigenvalue weighted by Gasteiger charge is -2.29. The fourth-order valence-electron chi connectivity index (χ4n) is 4.47. The van der Waals surface area contributed by atoms with Crippen LogP contribution in [0.25, 0.3) is 11.0 Å². The minimum absolute atomic E-state index is 0.00534. The molecule has 2 aliphatic rings. The third-order valence-corrected chi connectivity index (χ3v) is 6.41. The number of nitrogens with one attached hydrogen (secondary N) is 1. The maximum absolute atomic E-state index is 13.1. The number of halogens is 3. The second-order valence-electron chi connectivity index (χ2n) is 8.97. The Morgan fingerprint density at radius 3 is 2.72 bits per heavy atom. The predicted octanol–water partition coefficient (Wildman–Crippen LogP) is 3.93. The van der Waals surface area contributed by atoms with E-state index in [1.54, 1.807) is 9.47 Å². The smallest absolute Gasteiger partial charge is 0.396 e. The molecule has 5 rings (SSSR count). The number of nitrogens with zero attached hydrogens (tertiary/aromatic N) is 3. The van der Waals surface area contributed by atoms with Crippen molar-refractivity contribution in [3.8, 4) is 0 Å². The van der Waals surface area contributed by atoms with Crippen LogP contribution in [0.15, 0.2) is 36.4 Å². The number of ether oxygens (including phenoxy) is 1. The topological polar surface area (TPSA) is 96.7 Å². The highest BCUT2D eigenvalue weighted by Gasteiger charge is 2.33. The lowest BCUT2D eigenvalue weighted by molar-refractivity contribution is -0.137. The van der Waals surface area contributed by atoms with Gasteiger partial charge in [-0.25, -0.2) is 4.98 Å². The molecule has 0 spiro atoms. The Kier molecular flexibility index (Phi) is 6.44.